The summed E-state index contributed by atoms with van der Waals surface area (Å²) < 4.78 is 2.16. The van der Waals surface area contributed by atoms with E-state index < -0.39 is 0 Å². The molecule has 0 spiro atoms. The standard InChI is InChI=1S/C15H21N3OS/c1-4-10-16-14(19)11(3)20-15-17-12-8-6-7-9-13(12)18(15)5-2/h6-9,11H,4-5,10H2,1-3H3,(H,16,19). The molecule has 1 aromatic carbocycles. The smallest absolute Gasteiger partial charge is 0.233 e. The van der Waals surface area contributed by atoms with Crippen LogP contribution >= 0.6 is 11.8 Å². The molecule has 0 fully saturated rings. The Kier molecular flexibility index (Phi) is 5.06. The first-order valence-corrected chi connectivity index (χ1v) is 7.95. The van der Waals surface area contributed by atoms with Crippen molar-refractivity contribution in [1.82, 2.24) is 14.9 Å². The van der Waals surface area contributed by atoms with E-state index in [-0.39, 0.29) is 11.2 Å². The third-order valence-corrected chi connectivity index (χ3v) is 4.23. The zero-order chi connectivity index (χ0) is 14.5. The second-order valence-electron chi connectivity index (χ2n) is 4.68. The molecule has 1 unspecified atom stereocenters. The molecular weight excluding hydrogens is 270 g/mol. The number of carbonyl (C=O) groups is 1. The Labute approximate surface area is 124 Å². The molecule has 0 saturated heterocycles. The normalized spacial score (nSPS) is 12.6. The molecule has 0 radical (unpaired) electrons. The molecule has 0 saturated carbocycles. The Balaban J connectivity index is 2.18. The fourth-order valence-electron chi connectivity index (χ4n) is 2.05. The number of para-hydroxylation sites is 2. The van der Waals surface area contributed by atoms with Crippen LogP contribution in [-0.2, 0) is 11.3 Å². The van der Waals surface area contributed by atoms with Crippen LogP contribution in [0.1, 0.15) is 27.2 Å². The lowest BCUT2D eigenvalue weighted by molar-refractivity contribution is -0.120. The fourth-order valence-corrected chi connectivity index (χ4v) is 3.06. The largest absolute Gasteiger partial charge is 0.355 e. The zero-order valence-electron chi connectivity index (χ0n) is 12.2. The summed E-state index contributed by atoms with van der Waals surface area (Å²) in [6.45, 7) is 7.66. The number of nitrogens with one attached hydrogen (secondary N) is 1. The van der Waals surface area contributed by atoms with Crippen LogP contribution in [0.15, 0.2) is 29.4 Å². The van der Waals surface area contributed by atoms with Gasteiger partial charge in [0, 0.05) is 13.1 Å². The van der Waals surface area contributed by atoms with Crippen molar-refractivity contribution in [2.45, 2.75) is 44.1 Å². The molecule has 1 atom stereocenters. The third kappa shape index (κ3) is 3.15. The van der Waals surface area contributed by atoms with Gasteiger partial charge in [0.1, 0.15) is 0 Å². The summed E-state index contributed by atoms with van der Waals surface area (Å²) in [6, 6.07) is 8.08. The second-order valence-corrected chi connectivity index (χ2v) is 5.99. The van der Waals surface area contributed by atoms with Crippen LogP contribution in [0.2, 0.25) is 0 Å². The topological polar surface area (TPSA) is 46.9 Å². The van der Waals surface area contributed by atoms with Crippen LogP contribution in [0.5, 0.6) is 0 Å². The molecule has 5 heteroatoms. The lowest BCUT2D eigenvalue weighted by Crippen LogP contribution is -2.31. The summed E-state index contributed by atoms with van der Waals surface area (Å²) in [6.07, 6.45) is 0.955. The molecule has 1 heterocycles. The van der Waals surface area contributed by atoms with Gasteiger partial charge in [-0.2, -0.15) is 0 Å². The van der Waals surface area contributed by atoms with E-state index in [0.29, 0.717) is 0 Å². The van der Waals surface area contributed by atoms with Crippen molar-refractivity contribution in [1.29, 1.82) is 0 Å². The van der Waals surface area contributed by atoms with Gasteiger partial charge in [-0.1, -0.05) is 30.8 Å². The number of aromatic nitrogens is 2. The number of imidazole rings is 1. The molecule has 0 aliphatic rings. The molecule has 4 nitrogen and oxygen atoms in total. The van der Waals surface area contributed by atoms with E-state index in [1.165, 1.54) is 11.8 Å². The van der Waals surface area contributed by atoms with E-state index in [4.69, 9.17) is 0 Å². The number of hydrogen-bond acceptors (Lipinski definition) is 3. The van der Waals surface area contributed by atoms with Gasteiger partial charge >= 0.3 is 0 Å². The highest BCUT2D eigenvalue weighted by Gasteiger charge is 2.18. The predicted octanol–water partition coefficient (Wildman–Crippen LogP) is 3.06. The number of fused-ring (bicyclic) bond motifs is 1. The maximum atomic E-state index is 12.0. The molecule has 108 valence electrons. The number of benzene rings is 1. The summed E-state index contributed by atoms with van der Waals surface area (Å²) in [5, 5.41) is 3.70. The highest BCUT2D eigenvalue weighted by molar-refractivity contribution is 8.00. The predicted molar refractivity (Wildman–Crippen MR) is 84.0 cm³/mol. The van der Waals surface area contributed by atoms with Crippen LogP contribution in [0.25, 0.3) is 11.0 Å². The van der Waals surface area contributed by atoms with E-state index in [2.05, 4.69) is 34.8 Å². The SMILES string of the molecule is CCCNC(=O)C(C)Sc1nc2ccccc2n1CC. The lowest BCUT2D eigenvalue weighted by Gasteiger charge is -2.12. The summed E-state index contributed by atoms with van der Waals surface area (Å²) in [4.78, 5) is 16.6. The van der Waals surface area contributed by atoms with E-state index >= 15 is 0 Å². The fraction of sp³-hybridized carbons (Fsp3) is 0.467. The Bertz CT molecular complexity index is 594. The van der Waals surface area contributed by atoms with Crippen LogP contribution in [0, 0.1) is 0 Å². The quantitative estimate of drug-likeness (QED) is 0.832. The third-order valence-electron chi connectivity index (χ3n) is 3.14. The number of hydrogen-bond donors (Lipinski definition) is 1. The van der Waals surface area contributed by atoms with Gasteiger partial charge in [-0.15, -0.1) is 0 Å². The second kappa shape index (κ2) is 6.79. The molecule has 0 aliphatic carbocycles. The Morgan fingerprint density at radius 1 is 1.40 bits per heavy atom. The van der Waals surface area contributed by atoms with Crippen molar-refractivity contribution in [3.63, 3.8) is 0 Å². The number of carbonyl (C=O) groups excluding carboxylic acids is 1. The van der Waals surface area contributed by atoms with Gasteiger partial charge in [-0.3, -0.25) is 4.79 Å². The van der Waals surface area contributed by atoms with Gasteiger partial charge in [0.25, 0.3) is 0 Å². The Morgan fingerprint density at radius 2 is 2.15 bits per heavy atom. The van der Waals surface area contributed by atoms with Crippen LogP contribution in [-0.4, -0.2) is 27.3 Å². The average molecular weight is 291 g/mol. The highest BCUT2D eigenvalue weighted by atomic mass is 32.2. The van der Waals surface area contributed by atoms with Gasteiger partial charge in [-0.25, -0.2) is 4.98 Å². The van der Waals surface area contributed by atoms with Gasteiger partial charge in [-0.05, 0) is 32.4 Å². The zero-order valence-corrected chi connectivity index (χ0v) is 13.0. The Hall–Kier alpha value is -1.49. The number of rotatable bonds is 6. The molecule has 20 heavy (non-hydrogen) atoms. The van der Waals surface area contributed by atoms with E-state index in [9.17, 15) is 4.79 Å². The molecule has 1 amide bonds. The molecule has 1 aromatic heterocycles. The van der Waals surface area contributed by atoms with Gasteiger partial charge < -0.3 is 9.88 Å². The summed E-state index contributed by atoms with van der Waals surface area (Å²) in [5.74, 6) is 0.0755. The molecular formula is C15H21N3OS. The Morgan fingerprint density at radius 3 is 2.85 bits per heavy atom. The maximum Gasteiger partial charge on any atom is 0.233 e. The maximum absolute atomic E-state index is 12.0. The first kappa shape index (κ1) is 14.9. The number of aryl methyl sites for hydroxylation is 1. The molecule has 2 aromatic rings. The number of nitrogens with zero attached hydrogens (tertiary/aromatic N) is 2. The van der Waals surface area contributed by atoms with Crippen LogP contribution in [0.3, 0.4) is 0 Å². The van der Waals surface area contributed by atoms with Gasteiger partial charge in [0.05, 0.1) is 16.3 Å². The number of thioether (sulfide) groups is 1. The van der Waals surface area contributed by atoms with Crippen LogP contribution < -0.4 is 5.32 Å². The molecule has 2 rings (SSSR count). The van der Waals surface area contributed by atoms with E-state index in [1.807, 2.05) is 25.1 Å². The number of amides is 1. The summed E-state index contributed by atoms with van der Waals surface area (Å²) in [5.41, 5.74) is 2.11. The van der Waals surface area contributed by atoms with Crippen LogP contribution in [0.4, 0.5) is 0 Å². The molecule has 1 N–H and O–H groups in total. The summed E-state index contributed by atoms with van der Waals surface area (Å²) in [7, 11) is 0. The molecule has 0 aliphatic heterocycles. The van der Waals surface area contributed by atoms with Crippen molar-refractivity contribution < 1.29 is 4.79 Å². The van der Waals surface area contributed by atoms with Gasteiger partial charge in [0.15, 0.2) is 5.16 Å². The first-order valence-electron chi connectivity index (χ1n) is 7.07. The minimum absolute atomic E-state index is 0.0755. The highest BCUT2D eigenvalue weighted by Crippen LogP contribution is 2.27. The monoisotopic (exact) mass is 291 g/mol. The van der Waals surface area contributed by atoms with Crippen molar-refractivity contribution in [3.05, 3.63) is 24.3 Å². The van der Waals surface area contributed by atoms with Crippen molar-refractivity contribution >= 4 is 28.7 Å². The average Bonchev–Trinajstić information content (AvgIpc) is 2.81. The van der Waals surface area contributed by atoms with E-state index in [0.717, 1.165) is 35.7 Å². The van der Waals surface area contributed by atoms with Gasteiger partial charge in [0.2, 0.25) is 5.91 Å². The minimum Gasteiger partial charge on any atom is -0.355 e. The van der Waals surface area contributed by atoms with Crippen molar-refractivity contribution in [2.24, 2.45) is 0 Å². The minimum atomic E-state index is -0.135. The lowest BCUT2D eigenvalue weighted by atomic mass is 10.3. The van der Waals surface area contributed by atoms with Crippen molar-refractivity contribution in [2.75, 3.05) is 6.54 Å². The first-order chi connectivity index (χ1) is 9.67. The summed E-state index contributed by atoms with van der Waals surface area (Å²) >= 11 is 1.52. The van der Waals surface area contributed by atoms with E-state index in [1.54, 1.807) is 0 Å². The van der Waals surface area contributed by atoms with Crippen molar-refractivity contribution in [3.8, 4) is 0 Å². The molecule has 0 bridgehead atoms.